The summed E-state index contributed by atoms with van der Waals surface area (Å²) in [5.41, 5.74) is -1.06. The molecule has 0 heterocycles. The number of halogens is 4. The molecule has 31 heavy (non-hydrogen) atoms. The van der Waals surface area contributed by atoms with E-state index in [1.165, 1.54) is 19.1 Å². The Kier molecular flexibility index (Phi) is 6.64. The molecule has 1 aliphatic rings. The normalized spacial score (nSPS) is 19.0. The zero-order valence-corrected chi connectivity index (χ0v) is 16.7. The zero-order valence-electron chi connectivity index (χ0n) is 16.7. The average Bonchev–Trinajstić information content (AvgIpc) is 2.72. The molecule has 0 spiro atoms. The average molecular weight is 438 g/mol. The van der Waals surface area contributed by atoms with E-state index in [0.717, 1.165) is 18.6 Å². The third-order valence-corrected chi connectivity index (χ3v) is 5.31. The van der Waals surface area contributed by atoms with Crippen LogP contribution in [0, 0.1) is 18.6 Å². The van der Waals surface area contributed by atoms with Gasteiger partial charge in [0.2, 0.25) is 0 Å². The summed E-state index contributed by atoms with van der Waals surface area (Å²) in [6, 6.07) is 5.23. The number of carbonyl (C=O) groups excluding carboxylic acids is 2. The summed E-state index contributed by atoms with van der Waals surface area (Å²) in [5, 5.41) is 14.4. The van der Waals surface area contributed by atoms with E-state index in [-0.39, 0.29) is 16.8 Å². The van der Waals surface area contributed by atoms with Crippen molar-refractivity contribution in [3.8, 4) is 0 Å². The fourth-order valence-corrected chi connectivity index (χ4v) is 3.49. The number of benzene rings is 2. The number of nitrogens with one attached hydrogen (secondary N) is 2. The molecule has 1 aliphatic carbocycles. The number of aliphatic hydroxyl groups is 1. The van der Waals surface area contributed by atoms with Gasteiger partial charge in [0.25, 0.3) is 11.8 Å². The highest BCUT2D eigenvalue weighted by molar-refractivity contribution is 6.04. The number of anilines is 1. The van der Waals surface area contributed by atoms with Crippen LogP contribution in [0.15, 0.2) is 36.4 Å². The van der Waals surface area contributed by atoms with Gasteiger partial charge in [-0.3, -0.25) is 9.59 Å². The first-order chi connectivity index (χ1) is 14.6. The van der Waals surface area contributed by atoms with Crippen LogP contribution in [-0.4, -0.2) is 29.1 Å². The molecule has 0 aromatic heterocycles. The van der Waals surface area contributed by atoms with Crippen LogP contribution in [0.3, 0.4) is 0 Å². The van der Waals surface area contributed by atoms with Gasteiger partial charge in [-0.05, 0) is 61.7 Å². The molecule has 166 valence electrons. The lowest BCUT2D eigenvalue weighted by molar-refractivity contribution is -0.149. The molecule has 0 unspecified atom stereocenters. The van der Waals surface area contributed by atoms with Crippen LogP contribution in [-0.2, 0) is 10.7 Å². The third kappa shape index (κ3) is 5.04. The van der Waals surface area contributed by atoms with Crippen molar-refractivity contribution < 1.29 is 32.3 Å². The van der Waals surface area contributed by atoms with Crippen molar-refractivity contribution in [3.05, 3.63) is 64.7 Å². The topological polar surface area (TPSA) is 78.4 Å². The van der Waals surface area contributed by atoms with E-state index in [1.54, 1.807) is 0 Å². The predicted molar refractivity (Wildman–Crippen MR) is 106 cm³/mol. The number of carbonyl (C=O) groups is 2. The zero-order chi connectivity index (χ0) is 22.8. The molecule has 2 atom stereocenters. The highest BCUT2D eigenvalue weighted by atomic mass is 19.3. The molecule has 2 aromatic carbocycles. The van der Waals surface area contributed by atoms with E-state index >= 15 is 0 Å². The van der Waals surface area contributed by atoms with Gasteiger partial charge >= 0.3 is 5.92 Å². The molecule has 2 amide bonds. The van der Waals surface area contributed by atoms with Crippen molar-refractivity contribution in [1.29, 1.82) is 0 Å². The van der Waals surface area contributed by atoms with Crippen LogP contribution >= 0.6 is 0 Å². The van der Waals surface area contributed by atoms with Crippen molar-refractivity contribution in [3.63, 3.8) is 0 Å². The maximum atomic E-state index is 14.8. The lowest BCUT2D eigenvalue weighted by Crippen LogP contribution is -2.50. The molecule has 3 rings (SSSR count). The minimum Gasteiger partial charge on any atom is -0.391 e. The van der Waals surface area contributed by atoms with E-state index in [9.17, 15) is 32.3 Å². The Labute approximate surface area is 176 Å². The first-order valence-corrected chi connectivity index (χ1v) is 9.84. The molecule has 0 bridgehead atoms. The van der Waals surface area contributed by atoms with E-state index in [2.05, 4.69) is 10.6 Å². The van der Waals surface area contributed by atoms with Crippen LogP contribution in [0.1, 0.15) is 47.2 Å². The van der Waals surface area contributed by atoms with Crippen LogP contribution in [0.2, 0.25) is 0 Å². The van der Waals surface area contributed by atoms with Gasteiger partial charge in [-0.2, -0.15) is 8.78 Å². The summed E-state index contributed by atoms with van der Waals surface area (Å²) >= 11 is 0. The Morgan fingerprint density at radius 1 is 1.03 bits per heavy atom. The van der Waals surface area contributed by atoms with E-state index in [1.807, 2.05) is 0 Å². The molecule has 5 nitrogen and oxygen atoms in total. The van der Waals surface area contributed by atoms with Gasteiger partial charge in [0.15, 0.2) is 0 Å². The monoisotopic (exact) mass is 438 g/mol. The summed E-state index contributed by atoms with van der Waals surface area (Å²) in [5.74, 6) is -8.66. The molecule has 1 saturated carbocycles. The largest absolute Gasteiger partial charge is 0.391 e. The summed E-state index contributed by atoms with van der Waals surface area (Å²) in [6.07, 6.45) is 1.16. The number of alkyl halides is 2. The highest BCUT2D eigenvalue weighted by Gasteiger charge is 2.45. The Morgan fingerprint density at radius 3 is 2.39 bits per heavy atom. The van der Waals surface area contributed by atoms with Gasteiger partial charge in [-0.1, -0.05) is 12.8 Å². The molecule has 1 fully saturated rings. The van der Waals surface area contributed by atoms with Gasteiger partial charge in [-0.15, -0.1) is 0 Å². The quantitative estimate of drug-likeness (QED) is 0.617. The summed E-state index contributed by atoms with van der Waals surface area (Å²) in [6.45, 7) is 1.49. The minimum absolute atomic E-state index is 0.227. The standard InChI is InChI=1S/C22H22F4N2O3/c1-12-10-14(7-9-16(12)23)27-20(30)13-6-8-17(24)15(11-13)22(25,26)21(31)28-18-4-2-3-5-19(18)29/h6-11,18-19,29H,2-5H2,1H3,(H,27,30)(H,28,31)/t18-,19-/m0/s1. The molecule has 2 aromatic rings. The number of hydrogen-bond donors (Lipinski definition) is 3. The van der Waals surface area contributed by atoms with Crippen LogP contribution in [0.25, 0.3) is 0 Å². The van der Waals surface area contributed by atoms with E-state index in [0.29, 0.717) is 31.4 Å². The Hall–Kier alpha value is -2.94. The fourth-order valence-electron chi connectivity index (χ4n) is 3.49. The highest BCUT2D eigenvalue weighted by Crippen LogP contribution is 2.32. The van der Waals surface area contributed by atoms with Gasteiger partial charge in [0.1, 0.15) is 11.6 Å². The SMILES string of the molecule is Cc1cc(NC(=O)c2ccc(F)c(C(F)(F)C(=O)N[C@H]3CCCC[C@@H]3O)c2)ccc1F. The second kappa shape index (κ2) is 9.05. The van der Waals surface area contributed by atoms with Crippen molar-refractivity contribution in [2.24, 2.45) is 0 Å². The van der Waals surface area contributed by atoms with Gasteiger partial charge in [-0.25, -0.2) is 8.78 Å². The first kappa shape index (κ1) is 22.7. The van der Waals surface area contributed by atoms with Crippen LogP contribution in [0.4, 0.5) is 23.2 Å². The molecule has 9 heteroatoms. The molecular formula is C22H22F4N2O3. The van der Waals surface area contributed by atoms with Crippen molar-refractivity contribution in [2.75, 3.05) is 5.32 Å². The maximum absolute atomic E-state index is 14.8. The molecule has 3 N–H and O–H groups in total. The Morgan fingerprint density at radius 2 is 1.71 bits per heavy atom. The first-order valence-electron chi connectivity index (χ1n) is 9.84. The van der Waals surface area contributed by atoms with Gasteiger partial charge in [0, 0.05) is 11.3 Å². The number of aliphatic hydroxyl groups excluding tert-OH is 1. The number of rotatable bonds is 5. The second-order valence-electron chi connectivity index (χ2n) is 7.62. The fraction of sp³-hybridized carbons (Fsp3) is 0.364. The van der Waals surface area contributed by atoms with Crippen LogP contribution in [0.5, 0.6) is 0 Å². The number of amides is 2. The molecule has 0 aliphatic heterocycles. The third-order valence-electron chi connectivity index (χ3n) is 5.31. The van der Waals surface area contributed by atoms with Crippen molar-refractivity contribution in [1.82, 2.24) is 5.32 Å². The smallest absolute Gasteiger partial charge is 0.352 e. The van der Waals surface area contributed by atoms with E-state index in [4.69, 9.17) is 0 Å². The summed E-state index contributed by atoms with van der Waals surface area (Å²) < 4.78 is 57.1. The molecule has 0 saturated heterocycles. The van der Waals surface area contributed by atoms with Gasteiger partial charge < -0.3 is 15.7 Å². The summed E-state index contributed by atoms with van der Waals surface area (Å²) in [7, 11) is 0. The number of hydrogen-bond acceptors (Lipinski definition) is 3. The molecule has 0 radical (unpaired) electrons. The van der Waals surface area contributed by atoms with Crippen molar-refractivity contribution in [2.45, 2.75) is 50.7 Å². The lowest BCUT2D eigenvalue weighted by atomic mass is 9.92. The molecular weight excluding hydrogens is 416 g/mol. The van der Waals surface area contributed by atoms with E-state index < -0.39 is 47.1 Å². The Bertz CT molecular complexity index is 997. The maximum Gasteiger partial charge on any atom is 0.352 e. The van der Waals surface area contributed by atoms with Crippen molar-refractivity contribution >= 4 is 17.5 Å². The van der Waals surface area contributed by atoms with Crippen LogP contribution < -0.4 is 10.6 Å². The predicted octanol–water partition coefficient (Wildman–Crippen LogP) is 4.04. The second-order valence-corrected chi connectivity index (χ2v) is 7.62. The lowest BCUT2D eigenvalue weighted by Gasteiger charge is -2.30. The Balaban J connectivity index is 1.80. The summed E-state index contributed by atoms with van der Waals surface area (Å²) in [4.78, 5) is 24.6. The van der Waals surface area contributed by atoms with Gasteiger partial charge in [0.05, 0.1) is 17.7 Å². The minimum atomic E-state index is -4.26. The number of aryl methyl sites for hydroxylation is 1.